The summed E-state index contributed by atoms with van der Waals surface area (Å²) in [5.74, 6) is 1.24. The summed E-state index contributed by atoms with van der Waals surface area (Å²) in [6.07, 6.45) is 5.17. The molecule has 21 heavy (non-hydrogen) atoms. The Hall–Kier alpha value is -1.78. The van der Waals surface area contributed by atoms with Crippen molar-refractivity contribution < 1.29 is 13.9 Å². The van der Waals surface area contributed by atoms with Crippen molar-refractivity contribution >= 4 is 17.3 Å². The molecule has 0 bridgehead atoms. The molecule has 3 rings (SSSR count). The van der Waals surface area contributed by atoms with E-state index in [4.69, 9.17) is 5.73 Å². The van der Waals surface area contributed by atoms with E-state index in [1.54, 1.807) is 0 Å². The Kier molecular flexibility index (Phi) is 3.74. The van der Waals surface area contributed by atoms with E-state index in [1.807, 2.05) is 0 Å². The molecule has 1 aromatic rings. The molecule has 0 spiro atoms. The fraction of sp³-hybridized carbons (Fsp3) is 0.562. The van der Waals surface area contributed by atoms with E-state index in [9.17, 15) is 9.18 Å². The van der Waals surface area contributed by atoms with E-state index in [0.717, 1.165) is 18.4 Å². The van der Waals surface area contributed by atoms with Gasteiger partial charge in [0.25, 0.3) is 0 Å². The standard InChI is InChI=1S/C16H21FN2O2/c1-21-16(20)11-6-15(13(17)7-14(11)18)19-8-12(9-2-3-9)10-4-5-10/h6-7,9-10,12,19H,2-5,8,18H2,1H3. The summed E-state index contributed by atoms with van der Waals surface area (Å²) in [5.41, 5.74) is 6.31. The molecule has 0 aliphatic heterocycles. The van der Waals surface area contributed by atoms with Crippen molar-refractivity contribution in [3.63, 3.8) is 0 Å². The lowest BCUT2D eigenvalue weighted by molar-refractivity contribution is 0.0602. The van der Waals surface area contributed by atoms with E-state index in [1.165, 1.54) is 44.9 Å². The van der Waals surface area contributed by atoms with Crippen LogP contribution < -0.4 is 11.1 Å². The van der Waals surface area contributed by atoms with Gasteiger partial charge in [-0.25, -0.2) is 9.18 Å². The van der Waals surface area contributed by atoms with Crippen LogP contribution >= 0.6 is 0 Å². The molecule has 0 radical (unpaired) electrons. The second kappa shape index (κ2) is 5.54. The third-order valence-electron chi connectivity index (χ3n) is 4.53. The summed E-state index contributed by atoms with van der Waals surface area (Å²) >= 11 is 0. The monoisotopic (exact) mass is 292 g/mol. The first-order valence-corrected chi connectivity index (χ1v) is 7.51. The van der Waals surface area contributed by atoms with Gasteiger partial charge in [-0.05, 0) is 55.6 Å². The topological polar surface area (TPSA) is 64.3 Å². The molecule has 0 saturated heterocycles. The molecule has 2 aliphatic carbocycles. The molecule has 2 aliphatic rings. The number of carbonyl (C=O) groups is 1. The van der Waals surface area contributed by atoms with Gasteiger partial charge in [-0.15, -0.1) is 0 Å². The summed E-state index contributed by atoms with van der Waals surface area (Å²) < 4.78 is 18.7. The van der Waals surface area contributed by atoms with Gasteiger partial charge in [0, 0.05) is 12.2 Å². The number of nitrogen functional groups attached to an aromatic ring is 1. The van der Waals surface area contributed by atoms with Crippen LogP contribution in [0.25, 0.3) is 0 Å². The van der Waals surface area contributed by atoms with Crippen molar-refractivity contribution in [3.05, 3.63) is 23.5 Å². The molecular weight excluding hydrogens is 271 g/mol. The van der Waals surface area contributed by atoms with Gasteiger partial charge in [0.15, 0.2) is 0 Å². The minimum Gasteiger partial charge on any atom is -0.465 e. The zero-order valence-corrected chi connectivity index (χ0v) is 12.2. The molecule has 0 atom stereocenters. The highest BCUT2D eigenvalue weighted by atomic mass is 19.1. The van der Waals surface area contributed by atoms with Gasteiger partial charge < -0.3 is 15.8 Å². The molecule has 0 unspecified atom stereocenters. The van der Waals surface area contributed by atoms with Gasteiger partial charge in [0.1, 0.15) is 5.82 Å². The van der Waals surface area contributed by atoms with Gasteiger partial charge >= 0.3 is 5.97 Å². The lowest BCUT2D eigenvalue weighted by Gasteiger charge is -2.18. The average Bonchev–Trinajstić information content (AvgIpc) is 3.34. The number of carbonyl (C=O) groups excluding carboxylic acids is 1. The zero-order valence-electron chi connectivity index (χ0n) is 12.2. The Morgan fingerprint density at radius 1 is 1.38 bits per heavy atom. The second-order valence-corrected chi connectivity index (χ2v) is 6.13. The molecule has 0 heterocycles. The average molecular weight is 292 g/mol. The predicted molar refractivity (Wildman–Crippen MR) is 79.6 cm³/mol. The van der Waals surface area contributed by atoms with E-state index >= 15 is 0 Å². The number of hydrogen-bond acceptors (Lipinski definition) is 4. The molecule has 2 fully saturated rings. The number of esters is 1. The number of anilines is 2. The number of benzene rings is 1. The second-order valence-electron chi connectivity index (χ2n) is 6.13. The molecule has 0 amide bonds. The van der Waals surface area contributed by atoms with Crippen LogP contribution in [0.5, 0.6) is 0 Å². The number of nitrogens with one attached hydrogen (secondary N) is 1. The van der Waals surface area contributed by atoms with Crippen molar-refractivity contribution in [1.29, 1.82) is 0 Å². The number of rotatable bonds is 6. The van der Waals surface area contributed by atoms with E-state index in [-0.39, 0.29) is 11.3 Å². The van der Waals surface area contributed by atoms with Crippen LogP contribution in [0.1, 0.15) is 36.0 Å². The fourth-order valence-electron chi connectivity index (χ4n) is 3.01. The summed E-state index contributed by atoms with van der Waals surface area (Å²) in [4.78, 5) is 11.6. The van der Waals surface area contributed by atoms with Gasteiger partial charge in [-0.3, -0.25) is 0 Å². The highest BCUT2D eigenvalue weighted by Gasteiger charge is 2.41. The van der Waals surface area contributed by atoms with Crippen LogP contribution in [0.2, 0.25) is 0 Å². The van der Waals surface area contributed by atoms with Gasteiger partial charge in [0.2, 0.25) is 0 Å². The number of halogens is 1. The first-order valence-electron chi connectivity index (χ1n) is 7.51. The van der Waals surface area contributed by atoms with Crippen molar-refractivity contribution in [1.82, 2.24) is 0 Å². The maximum Gasteiger partial charge on any atom is 0.340 e. The summed E-state index contributed by atoms with van der Waals surface area (Å²) in [6, 6.07) is 2.63. The number of nitrogens with two attached hydrogens (primary N) is 1. The Balaban J connectivity index is 1.73. The van der Waals surface area contributed by atoms with Crippen LogP contribution in [0.4, 0.5) is 15.8 Å². The minimum atomic E-state index is -0.545. The molecule has 4 nitrogen and oxygen atoms in total. The number of methoxy groups -OCH3 is 1. The van der Waals surface area contributed by atoms with Crippen LogP contribution in [0.15, 0.2) is 12.1 Å². The van der Waals surface area contributed by atoms with Crippen molar-refractivity contribution in [2.24, 2.45) is 17.8 Å². The largest absolute Gasteiger partial charge is 0.465 e. The minimum absolute atomic E-state index is 0.103. The normalized spacial score (nSPS) is 17.9. The van der Waals surface area contributed by atoms with Crippen LogP contribution in [0, 0.1) is 23.6 Å². The van der Waals surface area contributed by atoms with E-state index in [2.05, 4.69) is 10.1 Å². The van der Waals surface area contributed by atoms with Crippen LogP contribution in [0.3, 0.4) is 0 Å². The fourth-order valence-corrected chi connectivity index (χ4v) is 3.01. The molecular formula is C16H21FN2O2. The van der Waals surface area contributed by atoms with Crippen molar-refractivity contribution in [2.75, 3.05) is 24.7 Å². The lowest BCUT2D eigenvalue weighted by Crippen LogP contribution is -2.19. The maximum absolute atomic E-state index is 14.0. The SMILES string of the molecule is COC(=O)c1cc(NCC(C2CC2)C2CC2)c(F)cc1N. The van der Waals surface area contributed by atoms with E-state index in [0.29, 0.717) is 11.6 Å². The van der Waals surface area contributed by atoms with Crippen LogP contribution in [-0.4, -0.2) is 19.6 Å². The van der Waals surface area contributed by atoms with Gasteiger partial charge in [-0.1, -0.05) is 0 Å². The molecule has 114 valence electrons. The maximum atomic E-state index is 14.0. The highest BCUT2D eigenvalue weighted by Crippen LogP contribution is 2.49. The quantitative estimate of drug-likeness (QED) is 0.625. The summed E-state index contributed by atoms with van der Waals surface area (Å²) in [7, 11) is 1.29. The summed E-state index contributed by atoms with van der Waals surface area (Å²) in [5, 5.41) is 3.16. The molecule has 0 aromatic heterocycles. The third kappa shape index (κ3) is 3.12. The molecule has 2 saturated carbocycles. The Bertz CT molecular complexity index is 541. The molecule has 5 heteroatoms. The number of hydrogen-bond donors (Lipinski definition) is 2. The first kappa shape index (κ1) is 14.2. The first-order chi connectivity index (χ1) is 10.1. The highest BCUT2D eigenvalue weighted by molar-refractivity contribution is 5.96. The Morgan fingerprint density at radius 2 is 2.00 bits per heavy atom. The van der Waals surface area contributed by atoms with Crippen molar-refractivity contribution in [2.45, 2.75) is 25.7 Å². The number of ether oxygens (including phenoxy) is 1. The van der Waals surface area contributed by atoms with E-state index < -0.39 is 11.8 Å². The smallest absolute Gasteiger partial charge is 0.340 e. The molecule has 3 N–H and O–H groups in total. The summed E-state index contributed by atoms with van der Waals surface area (Å²) in [6.45, 7) is 0.761. The van der Waals surface area contributed by atoms with Crippen molar-refractivity contribution in [3.8, 4) is 0 Å². The molecule has 1 aromatic carbocycles. The van der Waals surface area contributed by atoms with Gasteiger partial charge in [0.05, 0.1) is 18.4 Å². The third-order valence-corrected chi connectivity index (χ3v) is 4.53. The predicted octanol–water partition coefficient (Wildman–Crippen LogP) is 3.04. The lowest BCUT2D eigenvalue weighted by atomic mass is 9.98. The Morgan fingerprint density at radius 3 is 2.52 bits per heavy atom. The Labute approximate surface area is 123 Å². The zero-order chi connectivity index (χ0) is 15.0. The van der Waals surface area contributed by atoms with Gasteiger partial charge in [-0.2, -0.15) is 0 Å². The van der Waals surface area contributed by atoms with Crippen LogP contribution in [-0.2, 0) is 4.74 Å².